The summed E-state index contributed by atoms with van der Waals surface area (Å²) in [5, 5.41) is 10.2. The highest BCUT2D eigenvalue weighted by Crippen LogP contribution is 2.18. The highest BCUT2D eigenvalue weighted by atomic mass is 16.1. The molecule has 2 N–H and O–H groups in total. The van der Waals surface area contributed by atoms with Crippen LogP contribution in [0.25, 0.3) is 5.82 Å². The van der Waals surface area contributed by atoms with E-state index in [0.717, 1.165) is 24.2 Å². The lowest BCUT2D eigenvalue weighted by atomic mass is 10.0. The number of carbonyl (C=O) groups is 1. The largest absolute Gasteiger partial charge is 0.319 e. The highest BCUT2D eigenvalue weighted by Gasteiger charge is 2.17. The van der Waals surface area contributed by atoms with E-state index in [9.17, 15) is 4.79 Å². The van der Waals surface area contributed by atoms with Crippen molar-refractivity contribution in [3.8, 4) is 5.82 Å². The number of anilines is 1. The first-order valence-corrected chi connectivity index (χ1v) is 6.41. The fourth-order valence-electron chi connectivity index (χ4n) is 1.96. The molecule has 0 aromatic carbocycles. The smallest absolute Gasteiger partial charge is 0.251 e. The minimum Gasteiger partial charge on any atom is -0.319 e. The predicted octanol–water partition coefficient (Wildman–Crippen LogP) is 1.13. The number of nitrogens with zero attached hydrogens (tertiary/aromatic N) is 3. The molecule has 1 amide bonds. The molecule has 6 heteroatoms. The fraction of sp³-hybridized carbons (Fsp3) is 0.214. The van der Waals surface area contributed by atoms with Gasteiger partial charge < -0.3 is 10.6 Å². The Labute approximate surface area is 116 Å². The summed E-state index contributed by atoms with van der Waals surface area (Å²) in [5.74, 6) is 0.512. The molecule has 3 heterocycles. The molecule has 0 atom stereocenters. The molecule has 1 aliphatic heterocycles. The molecule has 1 aliphatic rings. The molecule has 2 aromatic heterocycles. The molecule has 0 saturated carbocycles. The van der Waals surface area contributed by atoms with E-state index >= 15 is 0 Å². The van der Waals surface area contributed by atoms with Gasteiger partial charge in [0.1, 0.15) is 0 Å². The van der Waals surface area contributed by atoms with E-state index < -0.39 is 0 Å². The van der Waals surface area contributed by atoms with Crippen molar-refractivity contribution in [2.24, 2.45) is 0 Å². The number of hydrogen-bond acceptors (Lipinski definition) is 4. The summed E-state index contributed by atoms with van der Waals surface area (Å²) in [7, 11) is 0. The van der Waals surface area contributed by atoms with E-state index in [0.29, 0.717) is 11.5 Å². The lowest BCUT2D eigenvalue weighted by Gasteiger charge is -2.21. The molecular weight excluding hydrogens is 254 g/mol. The van der Waals surface area contributed by atoms with Crippen LogP contribution in [-0.4, -0.2) is 33.8 Å². The molecule has 102 valence electrons. The van der Waals surface area contributed by atoms with Crippen molar-refractivity contribution in [1.29, 1.82) is 0 Å². The van der Waals surface area contributed by atoms with Crippen LogP contribution in [0.4, 0.5) is 5.69 Å². The molecule has 3 rings (SSSR count). The monoisotopic (exact) mass is 269 g/mol. The van der Waals surface area contributed by atoms with E-state index in [2.05, 4.69) is 20.7 Å². The van der Waals surface area contributed by atoms with E-state index in [1.165, 1.54) is 0 Å². The van der Waals surface area contributed by atoms with Crippen LogP contribution in [0.2, 0.25) is 0 Å². The lowest BCUT2D eigenvalue weighted by Crippen LogP contribution is -2.36. The van der Waals surface area contributed by atoms with Gasteiger partial charge in [-0.1, -0.05) is 0 Å². The molecule has 0 unspecified atom stereocenters. The van der Waals surface area contributed by atoms with Crippen LogP contribution in [-0.2, 0) is 4.79 Å². The van der Waals surface area contributed by atoms with Gasteiger partial charge in [0.25, 0.3) is 5.91 Å². The number of hydrogen-bond donors (Lipinski definition) is 2. The first-order valence-electron chi connectivity index (χ1n) is 6.41. The average Bonchev–Trinajstić information content (AvgIpc) is 2.91. The van der Waals surface area contributed by atoms with Crippen LogP contribution >= 0.6 is 0 Å². The first-order chi connectivity index (χ1) is 9.75. The second-order valence-electron chi connectivity index (χ2n) is 4.61. The predicted molar refractivity (Wildman–Crippen MR) is 75.6 cm³/mol. The molecule has 1 saturated heterocycles. The van der Waals surface area contributed by atoms with Gasteiger partial charge in [0.2, 0.25) is 0 Å². The summed E-state index contributed by atoms with van der Waals surface area (Å²) < 4.78 is 1.63. The van der Waals surface area contributed by atoms with Gasteiger partial charge in [0, 0.05) is 37.3 Å². The molecule has 0 bridgehead atoms. The van der Waals surface area contributed by atoms with Gasteiger partial charge in [-0.25, -0.2) is 9.67 Å². The first kappa shape index (κ1) is 12.6. The lowest BCUT2D eigenvalue weighted by molar-refractivity contribution is -0.112. The Bertz CT molecular complexity index is 654. The normalized spacial score (nSPS) is 13.8. The van der Waals surface area contributed by atoms with Gasteiger partial charge in [-0.2, -0.15) is 5.10 Å². The van der Waals surface area contributed by atoms with Crippen LogP contribution in [0.1, 0.15) is 6.92 Å². The Morgan fingerprint density at radius 1 is 1.35 bits per heavy atom. The van der Waals surface area contributed by atoms with Crippen molar-refractivity contribution >= 4 is 11.6 Å². The zero-order valence-corrected chi connectivity index (χ0v) is 11.1. The number of aromatic nitrogens is 3. The Hall–Kier alpha value is -2.47. The zero-order chi connectivity index (χ0) is 13.9. The Kier molecular flexibility index (Phi) is 3.30. The van der Waals surface area contributed by atoms with Gasteiger partial charge in [-0.3, -0.25) is 4.79 Å². The quantitative estimate of drug-likeness (QED) is 0.819. The van der Waals surface area contributed by atoms with Crippen LogP contribution in [0.3, 0.4) is 0 Å². The third kappa shape index (κ3) is 2.33. The Morgan fingerprint density at radius 3 is 2.85 bits per heavy atom. The molecule has 1 fully saturated rings. The summed E-state index contributed by atoms with van der Waals surface area (Å²) in [5.41, 5.74) is 2.56. The van der Waals surface area contributed by atoms with E-state index in [-0.39, 0.29) is 5.91 Å². The molecule has 2 aromatic rings. The van der Waals surface area contributed by atoms with Crippen LogP contribution < -0.4 is 10.6 Å². The zero-order valence-electron chi connectivity index (χ0n) is 11.1. The Morgan fingerprint density at radius 2 is 2.20 bits per heavy atom. The van der Waals surface area contributed by atoms with E-state index in [1.807, 2.05) is 19.1 Å². The molecule has 0 aliphatic carbocycles. The SMILES string of the molecule is CC(C(=O)Nc1cccnc1-n1cccn1)=C1CNC1. The number of carbonyl (C=O) groups excluding carboxylic acids is 1. The number of rotatable bonds is 3. The topological polar surface area (TPSA) is 71.8 Å². The molecule has 6 nitrogen and oxygen atoms in total. The summed E-state index contributed by atoms with van der Waals surface area (Å²) in [6, 6.07) is 5.42. The molecule has 0 spiro atoms. The van der Waals surface area contributed by atoms with Gasteiger partial charge in [-0.15, -0.1) is 0 Å². The van der Waals surface area contributed by atoms with Crippen molar-refractivity contribution in [1.82, 2.24) is 20.1 Å². The number of amides is 1. The van der Waals surface area contributed by atoms with Crippen LogP contribution in [0, 0.1) is 0 Å². The van der Waals surface area contributed by atoms with Crippen LogP contribution in [0.15, 0.2) is 47.9 Å². The maximum absolute atomic E-state index is 12.2. The van der Waals surface area contributed by atoms with Gasteiger partial charge in [-0.05, 0) is 30.7 Å². The third-order valence-electron chi connectivity index (χ3n) is 3.30. The maximum Gasteiger partial charge on any atom is 0.251 e. The highest BCUT2D eigenvalue weighted by molar-refractivity contribution is 6.04. The minimum atomic E-state index is -0.0945. The third-order valence-corrected chi connectivity index (χ3v) is 3.30. The van der Waals surface area contributed by atoms with Crippen molar-refractivity contribution < 1.29 is 4.79 Å². The number of nitrogens with one attached hydrogen (secondary N) is 2. The van der Waals surface area contributed by atoms with Crippen molar-refractivity contribution in [3.63, 3.8) is 0 Å². The molecule has 20 heavy (non-hydrogen) atoms. The van der Waals surface area contributed by atoms with Crippen molar-refractivity contribution in [2.45, 2.75) is 6.92 Å². The van der Waals surface area contributed by atoms with Gasteiger partial charge >= 0.3 is 0 Å². The maximum atomic E-state index is 12.2. The van der Waals surface area contributed by atoms with E-state index in [1.54, 1.807) is 29.3 Å². The summed E-state index contributed by atoms with van der Waals surface area (Å²) in [6.07, 6.45) is 5.14. The molecular formula is C14H15N5O. The summed E-state index contributed by atoms with van der Waals surface area (Å²) in [4.78, 5) is 16.5. The summed E-state index contributed by atoms with van der Waals surface area (Å²) in [6.45, 7) is 3.42. The summed E-state index contributed by atoms with van der Waals surface area (Å²) >= 11 is 0. The van der Waals surface area contributed by atoms with Gasteiger partial charge in [0.15, 0.2) is 5.82 Å². The second-order valence-corrected chi connectivity index (χ2v) is 4.61. The van der Waals surface area contributed by atoms with E-state index in [4.69, 9.17) is 0 Å². The molecule has 0 radical (unpaired) electrons. The van der Waals surface area contributed by atoms with Crippen LogP contribution in [0.5, 0.6) is 0 Å². The second kappa shape index (κ2) is 5.26. The minimum absolute atomic E-state index is 0.0945. The van der Waals surface area contributed by atoms with Crippen molar-refractivity contribution in [3.05, 3.63) is 47.9 Å². The standard InChI is InChI=1S/C14H15N5O/c1-10(11-8-15-9-11)14(20)18-12-4-2-5-16-13(12)19-7-3-6-17-19/h2-7,15H,8-9H2,1H3,(H,18,20). The van der Waals surface area contributed by atoms with Gasteiger partial charge in [0.05, 0.1) is 5.69 Å². The number of pyridine rings is 1. The average molecular weight is 269 g/mol. The Balaban J connectivity index is 1.86. The van der Waals surface area contributed by atoms with Crippen molar-refractivity contribution in [2.75, 3.05) is 18.4 Å². The fourth-order valence-corrected chi connectivity index (χ4v) is 1.96.